The van der Waals surface area contributed by atoms with Gasteiger partial charge in [0, 0.05) is 0 Å². The van der Waals surface area contributed by atoms with Gasteiger partial charge in [-0.25, -0.2) is 24.4 Å². The van der Waals surface area contributed by atoms with Gasteiger partial charge >= 0.3 is 0 Å². The minimum absolute atomic E-state index is 0.363. The predicted octanol–water partition coefficient (Wildman–Crippen LogP) is 6.92. The predicted molar refractivity (Wildman–Crippen MR) is 120 cm³/mol. The highest BCUT2D eigenvalue weighted by Gasteiger charge is 2.30. The molecule has 0 aliphatic carbocycles. The lowest BCUT2D eigenvalue weighted by Crippen LogP contribution is -2.31. The molecule has 6 heteroatoms. The molecule has 0 aromatic heterocycles. The smallest absolute Gasteiger partial charge is 0.123 e. The SMILES string of the molecule is CC(C)(C)OO.CC(C)(C)OOC(C)(C)c1cccc(C(C)(C)OOC(C)(C)C)c1. The molecule has 0 fully saturated rings. The average molecular weight is 429 g/mol. The molecule has 0 heterocycles. The summed E-state index contributed by atoms with van der Waals surface area (Å²) in [5, 5.41) is 7.90. The number of benzene rings is 1. The summed E-state index contributed by atoms with van der Waals surface area (Å²) in [5.41, 5.74) is -0.266. The van der Waals surface area contributed by atoms with Gasteiger partial charge in [0.25, 0.3) is 0 Å². The number of hydrogen-bond donors (Lipinski definition) is 1. The van der Waals surface area contributed by atoms with E-state index in [4.69, 9.17) is 24.8 Å². The number of hydrogen-bond acceptors (Lipinski definition) is 6. The molecule has 6 nitrogen and oxygen atoms in total. The Morgan fingerprint density at radius 1 is 0.533 bits per heavy atom. The molecule has 30 heavy (non-hydrogen) atoms. The summed E-state index contributed by atoms with van der Waals surface area (Å²) in [7, 11) is 0. The maximum atomic E-state index is 7.90. The molecule has 1 N–H and O–H groups in total. The van der Waals surface area contributed by atoms with E-state index in [0.717, 1.165) is 11.1 Å². The summed E-state index contributed by atoms with van der Waals surface area (Å²) in [6.45, 7) is 25.0. The minimum atomic E-state index is -0.579. The molecule has 0 saturated carbocycles. The van der Waals surface area contributed by atoms with E-state index in [-0.39, 0.29) is 11.2 Å². The van der Waals surface area contributed by atoms with Gasteiger partial charge in [0.15, 0.2) is 0 Å². The van der Waals surface area contributed by atoms with Crippen molar-refractivity contribution in [2.24, 2.45) is 0 Å². The zero-order valence-corrected chi connectivity index (χ0v) is 21.3. The van der Waals surface area contributed by atoms with Crippen LogP contribution in [0.2, 0.25) is 0 Å². The first-order chi connectivity index (χ1) is 13.2. The summed E-state index contributed by atoms with van der Waals surface area (Å²) in [5.74, 6) is 0. The molecule has 0 saturated heterocycles. The molecule has 1 rings (SSSR count). The van der Waals surface area contributed by atoms with Crippen LogP contribution in [0.3, 0.4) is 0 Å². The molecule has 0 unspecified atom stereocenters. The molecule has 1 aromatic carbocycles. The topological polar surface area (TPSA) is 66.4 Å². The standard InChI is InChI=1S/C20H34O4.C4H10O2/c1-17(2,3)21-23-19(7,8)15-12-11-13-16(14-15)20(9,10)24-22-18(4,5)6;1-4(2,3)6-5/h11-14H,1-10H3;5H,1-3H3. The van der Waals surface area contributed by atoms with Crippen LogP contribution in [-0.2, 0) is 35.6 Å². The van der Waals surface area contributed by atoms with Gasteiger partial charge in [0.05, 0.1) is 16.8 Å². The summed E-state index contributed by atoms with van der Waals surface area (Å²) in [6, 6.07) is 8.11. The van der Waals surface area contributed by atoms with Crippen LogP contribution in [0.1, 0.15) is 101 Å². The highest BCUT2D eigenvalue weighted by Crippen LogP contribution is 2.32. The van der Waals surface area contributed by atoms with Crippen LogP contribution in [-0.4, -0.2) is 22.1 Å². The van der Waals surface area contributed by atoms with Crippen molar-refractivity contribution in [2.45, 2.75) is 118 Å². The van der Waals surface area contributed by atoms with Crippen LogP contribution in [0.15, 0.2) is 24.3 Å². The Morgan fingerprint density at radius 2 is 0.833 bits per heavy atom. The third-order valence-corrected chi connectivity index (χ3v) is 3.53. The second kappa shape index (κ2) is 10.5. The van der Waals surface area contributed by atoms with Gasteiger partial charge in [-0.15, -0.1) is 0 Å². The lowest BCUT2D eigenvalue weighted by molar-refractivity contribution is -0.403. The second-order valence-electron chi connectivity index (χ2n) is 11.4. The molecular formula is C24H44O6. The zero-order valence-electron chi connectivity index (χ0n) is 21.3. The van der Waals surface area contributed by atoms with E-state index in [0.29, 0.717) is 0 Å². The molecule has 0 aliphatic heterocycles. The molecule has 1 aromatic rings. The molecule has 0 bridgehead atoms. The maximum absolute atomic E-state index is 7.90. The van der Waals surface area contributed by atoms with Crippen molar-refractivity contribution in [1.29, 1.82) is 0 Å². The molecule has 0 radical (unpaired) electrons. The normalized spacial score (nSPS) is 13.7. The van der Waals surface area contributed by atoms with E-state index < -0.39 is 16.8 Å². The van der Waals surface area contributed by atoms with Crippen LogP contribution in [0.4, 0.5) is 0 Å². The van der Waals surface area contributed by atoms with Gasteiger partial charge < -0.3 is 0 Å². The van der Waals surface area contributed by atoms with Gasteiger partial charge in [-0.05, 0) is 107 Å². The van der Waals surface area contributed by atoms with Crippen molar-refractivity contribution in [3.05, 3.63) is 35.4 Å². The zero-order chi connectivity index (χ0) is 24.0. The van der Waals surface area contributed by atoms with Crippen molar-refractivity contribution in [3.8, 4) is 0 Å². The van der Waals surface area contributed by atoms with E-state index in [1.807, 2.05) is 87.4 Å². The van der Waals surface area contributed by atoms with Crippen LogP contribution < -0.4 is 0 Å². The fourth-order valence-corrected chi connectivity index (χ4v) is 1.82. The van der Waals surface area contributed by atoms with Crippen LogP contribution in [0, 0.1) is 0 Å². The van der Waals surface area contributed by atoms with Crippen molar-refractivity contribution in [1.82, 2.24) is 0 Å². The summed E-state index contributed by atoms with van der Waals surface area (Å²) in [4.78, 5) is 26.3. The van der Waals surface area contributed by atoms with Crippen LogP contribution in [0.25, 0.3) is 0 Å². The van der Waals surface area contributed by atoms with E-state index in [9.17, 15) is 0 Å². The van der Waals surface area contributed by atoms with E-state index in [2.05, 4.69) is 11.0 Å². The first-order valence-corrected chi connectivity index (χ1v) is 10.4. The van der Waals surface area contributed by atoms with Crippen LogP contribution >= 0.6 is 0 Å². The Hall–Kier alpha value is -1.02. The molecule has 0 amide bonds. The molecular weight excluding hydrogens is 384 g/mol. The third-order valence-electron chi connectivity index (χ3n) is 3.53. The lowest BCUT2D eigenvalue weighted by atomic mass is 9.91. The summed E-state index contributed by atoms with van der Waals surface area (Å²) >= 11 is 0. The summed E-state index contributed by atoms with van der Waals surface area (Å²) in [6.07, 6.45) is 0. The van der Waals surface area contributed by atoms with Crippen molar-refractivity contribution >= 4 is 0 Å². The Bertz CT molecular complexity index is 585. The summed E-state index contributed by atoms with van der Waals surface area (Å²) < 4.78 is 0. The van der Waals surface area contributed by atoms with Crippen LogP contribution in [0.5, 0.6) is 0 Å². The fraction of sp³-hybridized carbons (Fsp3) is 0.750. The Balaban J connectivity index is 0.00000122. The quantitative estimate of drug-likeness (QED) is 0.392. The van der Waals surface area contributed by atoms with Gasteiger partial charge in [-0.1, -0.05) is 18.2 Å². The van der Waals surface area contributed by atoms with E-state index >= 15 is 0 Å². The number of rotatable bonds is 6. The first kappa shape index (κ1) is 29.0. The van der Waals surface area contributed by atoms with Crippen molar-refractivity contribution in [3.63, 3.8) is 0 Å². The molecule has 0 spiro atoms. The minimum Gasteiger partial charge on any atom is -0.251 e. The van der Waals surface area contributed by atoms with E-state index in [1.54, 1.807) is 20.8 Å². The van der Waals surface area contributed by atoms with Crippen molar-refractivity contribution in [2.75, 3.05) is 0 Å². The highest BCUT2D eigenvalue weighted by molar-refractivity contribution is 5.30. The van der Waals surface area contributed by atoms with E-state index in [1.165, 1.54) is 0 Å². The molecule has 176 valence electrons. The van der Waals surface area contributed by atoms with Gasteiger partial charge in [0.2, 0.25) is 0 Å². The van der Waals surface area contributed by atoms with Gasteiger partial charge in [0.1, 0.15) is 11.2 Å². The lowest BCUT2D eigenvalue weighted by Gasteiger charge is -2.32. The monoisotopic (exact) mass is 428 g/mol. The Kier molecular flexibility index (Phi) is 10.2. The Labute approximate surface area is 183 Å². The van der Waals surface area contributed by atoms with Crippen molar-refractivity contribution < 1.29 is 29.7 Å². The fourth-order valence-electron chi connectivity index (χ4n) is 1.82. The maximum Gasteiger partial charge on any atom is 0.123 e. The van der Waals surface area contributed by atoms with Gasteiger partial charge in [-0.2, -0.15) is 0 Å². The first-order valence-electron chi connectivity index (χ1n) is 10.4. The average Bonchev–Trinajstić information content (AvgIpc) is 2.57. The molecule has 0 aliphatic rings. The largest absolute Gasteiger partial charge is 0.251 e. The second-order valence-corrected chi connectivity index (χ2v) is 11.4. The van der Waals surface area contributed by atoms with Gasteiger partial charge in [-0.3, -0.25) is 5.26 Å². The highest BCUT2D eigenvalue weighted by atomic mass is 17.2. The Morgan fingerprint density at radius 3 is 1.07 bits per heavy atom. The molecule has 0 atom stereocenters. The third kappa shape index (κ3) is 12.6.